The van der Waals surface area contributed by atoms with Gasteiger partial charge < -0.3 is 14.2 Å². The summed E-state index contributed by atoms with van der Waals surface area (Å²) < 4.78 is 15.0. The van der Waals surface area contributed by atoms with Crippen LogP contribution in [0.15, 0.2) is 30.8 Å². The number of hydrogen-bond acceptors (Lipinski definition) is 5. The Morgan fingerprint density at radius 3 is 1.92 bits per heavy atom. The number of benzene rings is 1. The van der Waals surface area contributed by atoms with Crippen LogP contribution < -0.4 is 4.74 Å². The molecular weight excluding hydrogens is 320 g/mol. The molecule has 0 radical (unpaired) electrons. The smallest absolute Gasteiger partial charge is 0.311 e. The van der Waals surface area contributed by atoms with E-state index in [0.29, 0.717) is 6.42 Å². The van der Waals surface area contributed by atoms with E-state index in [2.05, 4.69) is 6.58 Å². The van der Waals surface area contributed by atoms with E-state index in [1.54, 1.807) is 27.9 Å². The average molecular weight is 348 g/mol. The normalized spacial score (nSPS) is 13.5. The molecule has 0 aliphatic heterocycles. The van der Waals surface area contributed by atoms with Crippen molar-refractivity contribution in [3.05, 3.63) is 36.4 Å². The van der Waals surface area contributed by atoms with Crippen molar-refractivity contribution in [1.82, 2.24) is 0 Å². The first-order valence-corrected chi connectivity index (χ1v) is 8.08. The molecule has 0 heterocycles. The van der Waals surface area contributed by atoms with E-state index >= 15 is 0 Å². The van der Waals surface area contributed by atoms with Gasteiger partial charge in [0, 0.05) is 0 Å². The molecule has 5 heteroatoms. The molecule has 138 valence electrons. The zero-order chi connectivity index (χ0) is 19.3. The van der Waals surface area contributed by atoms with E-state index in [0.717, 1.165) is 16.9 Å². The van der Waals surface area contributed by atoms with Gasteiger partial charge >= 0.3 is 11.9 Å². The predicted molar refractivity (Wildman–Crippen MR) is 97.2 cm³/mol. The third kappa shape index (κ3) is 5.08. The fourth-order valence-corrected chi connectivity index (χ4v) is 3.18. The molecular formula is C20H28O5. The van der Waals surface area contributed by atoms with Gasteiger partial charge in [0.25, 0.3) is 0 Å². The Morgan fingerprint density at radius 1 is 0.960 bits per heavy atom. The lowest BCUT2D eigenvalue weighted by Gasteiger charge is -2.34. The van der Waals surface area contributed by atoms with Gasteiger partial charge in [-0.3, -0.25) is 9.59 Å². The summed E-state index contributed by atoms with van der Waals surface area (Å²) in [6.07, 6.45) is 0.654. The molecule has 0 fully saturated rings. The van der Waals surface area contributed by atoms with Crippen molar-refractivity contribution in [2.45, 2.75) is 33.6 Å². The Morgan fingerprint density at radius 2 is 1.48 bits per heavy atom. The average Bonchev–Trinajstić information content (AvgIpc) is 2.59. The van der Waals surface area contributed by atoms with Crippen LogP contribution in [0.5, 0.6) is 5.75 Å². The summed E-state index contributed by atoms with van der Waals surface area (Å²) >= 11 is 0. The van der Waals surface area contributed by atoms with Crippen LogP contribution in [-0.2, 0) is 19.1 Å². The SMILES string of the molecule is C=C(CC(C)(CC(C)(C)C(=O)OC)C(=O)OC)c1ccc(OC)cc1. The first kappa shape index (κ1) is 20.7. The van der Waals surface area contributed by atoms with E-state index in [1.165, 1.54) is 14.2 Å². The summed E-state index contributed by atoms with van der Waals surface area (Å²) in [5.41, 5.74) is -0.0237. The molecule has 0 bridgehead atoms. The summed E-state index contributed by atoms with van der Waals surface area (Å²) in [5, 5.41) is 0. The number of carbonyl (C=O) groups excluding carboxylic acids is 2. The molecule has 0 saturated carbocycles. The highest BCUT2D eigenvalue weighted by Gasteiger charge is 2.43. The van der Waals surface area contributed by atoms with Crippen molar-refractivity contribution < 1.29 is 23.8 Å². The van der Waals surface area contributed by atoms with E-state index in [1.807, 2.05) is 24.3 Å². The maximum atomic E-state index is 12.5. The Hall–Kier alpha value is -2.30. The molecule has 1 unspecified atom stereocenters. The molecule has 1 aromatic rings. The van der Waals surface area contributed by atoms with Gasteiger partial charge in [0.1, 0.15) is 5.75 Å². The fraction of sp³-hybridized carbons (Fsp3) is 0.500. The van der Waals surface area contributed by atoms with Crippen molar-refractivity contribution >= 4 is 17.5 Å². The molecule has 5 nitrogen and oxygen atoms in total. The number of carbonyl (C=O) groups is 2. The minimum atomic E-state index is -0.899. The number of rotatable bonds is 8. The van der Waals surface area contributed by atoms with Gasteiger partial charge in [0.2, 0.25) is 0 Å². The molecule has 0 saturated heterocycles. The van der Waals surface area contributed by atoms with Crippen LogP contribution in [-0.4, -0.2) is 33.3 Å². The topological polar surface area (TPSA) is 61.8 Å². The summed E-state index contributed by atoms with van der Waals surface area (Å²) in [4.78, 5) is 24.5. The summed E-state index contributed by atoms with van der Waals surface area (Å²) in [6.45, 7) is 9.42. The highest BCUT2D eigenvalue weighted by atomic mass is 16.5. The highest BCUT2D eigenvalue weighted by Crippen LogP contribution is 2.42. The molecule has 0 aromatic heterocycles. The predicted octanol–water partition coefficient (Wildman–Crippen LogP) is 3.87. The molecule has 0 N–H and O–H groups in total. The van der Waals surface area contributed by atoms with Crippen LogP contribution in [0.3, 0.4) is 0 Å². The summed E-state index contributed by atoms with van der Waals surface area (Å²) in [7, 11) is 4.30. The zero-order valence-corrected chi connectivity index (χ0v) is 16.0. The first-order valence-electron chi connectivity index (χ1n) is 8.08. The second kappa shape index (κ2) is 8.19. The minimum Gasteiger partial charge on any atom is -0.497 e. The summed E-state index contributed by atoms with van der Waals surface area (Å²) in [5.74, 6) is 0.0101. The summed E-state index contributed by atoms with van der Waals surface area (Å²) in [6, 6.07) is 7.47. The van der Waals surface area contributed by atoms with Crippen molar-refractivity contribution in [2.24, 2.45) is 10.8 Å². The van der Waals surface area contributed by atoms with Crippen molar-refractivity contribution in [1.29, 1.82) is 0 Å². The lowest BCUT2D eigenvalue weighted by atomic mass is 9.70. The second-order valence-corrected chi connectivity index (χ2v) is 7.11. The van der Waals surface area contributed by atoms with Crippen LogP contribution in [0.4, 0.5) is 0 Å². The highest BCUT2D eigenvalue weighted by molar-refractivity contribution is 5.82. The van der Waals surface area contributed by atoms with Gasteiger partial charge in [0.05, 0.1) is 32.2 Å². The zero-order valence-electron chi connectivity index (χ0n) is 16.0. The van der Waals surface area contributed by atoms with Gasteiger partial charge in [0.15, 0.2) is 0 Å². The molecule has 0 spiro atoms. The fourth-order valence-electron chi connectivity index (χ4n) is 3.18. The largest absolute Gasteiger partial charge is 0.497 e. The number of hydrogen-bond donors (Lipinski definition) is 0. The van der Waals surface area contributed by atoms with Gasteiger partial charge in [-0.2, -0.15) is 0 Å². The van der Waals surface area contributed by atoms with Crippen LogP contribution >= 0.6 is 0 Å². The molecule has 0 amide bonds. The third-order valence-corrected chi connectivity index (χ3v) is 4.35. The maximum Gasteiger partial charge on any atom is 0.311 e. The molecule has 25 heavy (non-hydrogen) atoms. The van der Waals surface area contributed by atoms with Crippen molar-refractivity contribution in [3.63, 3.8) is 0 Å². The molecule has 0 aliphatic rings. The Bertz CT molecular complexity index is 630. The number of esters is 2. The van der Waals surface area contributed by atoms with Gasteiger partial charge in [-0.25, -0.2) is 0 Å². The quantitative estimate of drug-likeness (QED) is 0.668. The number of allylic oxidation sites excluding steroid dienone is 1. The monoisotopic (exact) mass is 348 g/mol. The number of methoxy groups -OCH3 is 3. The Balaban J connectivity index is 3.07. The number of ether oxygens (including phenoxy) is 3. The Kier molecular flexibility index (Phi) is 6.79. The molecule has 0 aliphatic carbocycles. The van der Waals surface area contributed by atoms with Crippen molar-refractivity contribution in [3.8, 4) is 5.75 Å². The van der Waals surface area contributed by atoms with Gasteiger partial charge in [-0.15, -0.1) is 0 Å². The third-order valence-electron chi connectivity index (χ3n) is 4.35. The van der Waals surface area contributed by atoms with Crippen LogP contribution in [0.25, 0.3) is 5.57 Å². The lowest BCUT2D eigenvalue weighted by Crippen LogP contribution is -2.38. The molecule has 1 rings (SSSR count). The lowest BCUT2D eigenvalue weighted by molar-refractivity contribution is -0.159. The maximum absolute atomic E-state index is 12.5. The van der Waals surface area contributed by atoms with Gasteiger partial charge in [-0.1, -0.05) is 18.7 Å². The van der Waals surface area contributed by atoms with Crippen LogP contribution in [0.2, 0.25) is 0 Å². The first-order chi connectivity index (χ1) is 11.6. The van der Waals surface area contributed by atoms with Crippen LogP contribution in [0, 0.1) is 10.8 Å². The molecule has 1 aromatic carbocycles. The van der Waals surface area contributed by atoms with E-state index in [4.69, 9.17) is 14.2 Å². The standard InChI is InChI=1S/C20H28O5/c1-14(15-8-10-16(23-5)11-9-15)12-20(4,18(22)25-7)13-19(2,3)17(21)24-6/h8-11H,1,12-13H2,2-7H3. The van der Waals surface area contributed by atoms with Crippen LogP contribution in [0.1, 0.15) is 39.2 Å². The molecule has 1 atom stereocenters. The minimum absolute atomic E-state index is 0.286. The van der Waals surface area contributed by atoms with E-state index in [-0.39, 0.29) is 18.4 Å². The van der Waals surface area contributed by atoms with Crippen molar-refractivity contribution in [2.75, 3.05) is 21.3 Å². The second-order valence-electron chi connectivity index (χ2n) is 7.11. The van der Waals surface area contributed by atoms with E-state index in [9.17, 15) is 9.59 Å². The Labute approximate surface area is 150 Å². The van der Waals surface area contributed by atoms with Gasteiger partial charge in [-0.05, 0) is 56.9 Å². The van der Waals surface area contributed by atoms with E-state index < -0.39 is 10.8 Å².